The summed E-state index contributed by atoms with van der Waals surface area (Å²) in [6.07, 6.45) is 9.07. The molecule has 0 aromatic heterocycles. The predicted molar refractivity (Wildman–Crippen MR) is 90.5 cm³/mol. The van der Waals surface area contributed by atoms with Crippen LogP contribution in [0.1, 0.15) is 64.7 Å². The van der Waals surface area contributed by atoms with Gasteiger partial charge in [-0.25, -0.2) is 0 Å². The lowest BCUT2D eigenvalue weighted by Crippen LogP contribution is -2.24. The molecule has 0 atom stereocenters. The van der Waals surface area contributed by atoms with Gasteiger partial charge in [-0.05, 0) is 44.3 Å². The van der Waals surface area contributed by atoms with Crippen molar-refractivity contribution < 1.29 is 9.59 Å². The van der Waals surface area contributed by atoms with Crippen molar-refractivity contribution in [2.45, 2.75) is 64.7 Å². The molecule has 0 aromatic carbocycles. The first-order valence-corrected chi connectivity index (χ1v) is 9.61. The van der Waals surface area contributed by atoms with Gasteiger partial charge in [0.05, 0.1) is 0 Å². The summed E-state index contributed by atoms with van der Waals surface area (Å²) >= 11 is 5.71. The largest absolute Gasteiger partial charge is 0.299 e. The van der Waals surface area contributed by atoms with E-state index >= 15 is 0 Å². The third-order valence-corrected chi connectivity index (χ3v) is 5.59. The van der Waals surface area contributed by atoms with Crippen LogP contribution in [0.2, 0.25) is 0 Å². The first kappa shape index (κ1) is 18.1. The number of rotatable bonds is 9. The number of carbonyl (C=O) groups is 2. The number of unbranched alkanes of at least 4 members (excludes halogenated alkanes) is 3. The second-order valence-electron chi connectivity index (χ2n) is 5.67. The Morgan fingerprint density at radius 3 is 2.20 bits per heavy atom. The van der Waals surface area contributed by atoms with E-state index in [0.29, 0.717) is 17.3 Å². The van der Waals surface area contributed by atoms with Crippen LogP contribution in [0.15, 0.2) is 0 Å². The van der Waals surface area contributed by atoms with Gasteiger partial charge in [-0.1, -0.05) is 31.5 Å². The Morgan fingerprint density at radius 2 is 1.60 bits per heavy atom. The number of hydrogen-bond acceptors (Lipinski definition) is 4. The van der Waals surface area contributed by atoms with Crippen LogP contribution in [0, 0.1) is 11.8 Å². The Kier molecular flexibility index (Phi) is 9.70. The molecule has 2 nitrogen and oxygen atoms in total. The van der Waals surface area contributed by atoms with Crippen molar-refractivity contribution in [2.75, 3.05) is 11.5 Å². The maximum atomic E-state index is 12.1. The molecule has 0 unspecified atom stereocenters. The van der Waals surface area contributed by atoms with Gasteiger partial charge in [0.25, 0.3) is 0 Å². The van der Waals surface area contributed by atoms with Gasteiger partial charge in [0.15, 0.2) is 5.12 Å². The van der Waals surface area contributed by atoms with Gasteiger partial charge < -0.3 is 0 Å². The second-order valence-corrected chi connectivity index (χ2v) is 7.22. The van der Waals surface area contributed by atoms with Gasteiger partial charge in [-0.2, -0.15) is 12.6 Å². The average molecular weight is 317 g/mol. The summed E-state index contributed by atoms with van der Waals surface area (Å²) in [6.45, 7) is 1.93. The van der Waals surface area contributed by atoms with Crippen LogP contribution >= 0.6 is 24.4 Å². The molecule has 0 bridgehead atoms. The zero-order chi connectivity index (χ0) is 14.8. The summed E-state index contributed by atoms with van der Waals surface area (Å²) in [4.78, 5) is 23.7. The minimum Gasteiger partial charge on any atom is -0.299 e. The van der Waals surface area contributed by atoms with E-state index in [1.807, 2.05) is 6.92 Å². The summed E-state index contributed by atoms with van der Waals surface area (Å²) in [7, 11) is 0. The molecule has 20 heavy (non-hydrogen) atoms. The quantitative estimate of drug-likeness (QED) is 0.501. The van der Waals surface area contributed by atoms with Crippen molar-refractivity contribution >= 4 is 35.3 Å². The molecule has 0 N–H and O–H groups in total. The average Bonchev–Trinajstić information content (AvgIpc) is 2.50. The van der Waals surface area contributed by atoms with Gasteiger partial charge in [0, 0.05) is 24.0 Å². The lowest BCUT2D eigenvalue weighted by Gasteiger charge is -2.26. The summed E-state index contributed by atoms with van der Waals surface area (Å²) < 4.78 is 0. The standard InChI is InChI=1S/C16H28O2S2/c1-2-15(17)13-7-9-14(10-8-13)16(18)20-12-6-4-3-5-11-19/h13-14,19H,2-12H2,1H3. The number of thiol groups is 1. The summed E-state index contributed by atoms with van der Waals surface area (Å²) in [5.41, 5.74) is 0. The minimum absolute atomic E-state index is 0.207. The Balaban J connectivity index is 2.11. The number of thioether (sulfide) groups is 1. The van der Waals surface area contributed by atoms with Crippen molar-refractivity contribution in [1.29, 1.82) is 0 Å². The third-order valence-electron chi connectivity index (χ3n) is 4.16. The van der Waals surface area contributed by atoms with Crippen molar-refractivity contribution in [1.82, 2.24) is 0 Å². The van der Waals surface area contributed by atoms with Crippen LogP contribution in [-0.2, 0) is 9.59 Å². The Labute approximate surface area is 133 Å². The minimum atomic E-state index is 0.207. The molecule has 1 saturated carbocycles. The van der Waals surface area contributed by atoms with E-state index in [-0.39, 0.29) is 11.8 Å². The van der Waals surface area contributed by atoms with Crippen LogP contribution < -0.4 is 0 Å². The molecule has 0 saturated heterocycles. The highest BCUT2D eigenvalue weighted by Crippen LogP contribution is 2.33. The van der Waals surface area contributed by atoms with Crippen molar-refractivity contribution in [3.05, 3.63) is 0 Å². The highest BCUT2D eigenvalue weighted by molar-refractivity contribution is 8.13. The number of hydrogen-bond donors (Lipinski definition) is 1. The molecule has 0 aliphatic heterocycles. The van der Waals surface area contributed by atoms with E-state index in [0.717, 1.165) is 43.6 Å². The molecule has 0 heterocycles. The van der Waals surface area contributed by atoms with E-state index < -0.39 is 0 Å². The Hall–Kier alpha value is 0.0400. The first-order valence-electron chi connectivity index (χ1n) is 7.99. The second kappa shape index (κ2) is 10.7. The predicted octanol–water partition coefficient (Wildman–Crippen LogP) is 4.52. The van der Waals surface area contributed by atoms with Gasteiger partial charge >= 0.3 is 0 Å². The van der Waals surface area contributed by atoms with Crippen LogP contribution in [0.3, 0.4) is 0 Å². The van der Waals surface area contributed by atoms with Crippen molar-refractivity contribution in [2.24, 2.45) is 11.8 Å². The van der Waals surface area contributed by atoms with Crippen LogP contribution in [-0.4, -0.2) is 22.4 Å². The van der Waals surface area contributed by atoms with Crippen molar-refractivity contribution in [3.63, 3.8) is 0 Å². The molecule has 4 heteroatoms. The zero-order valence-corrected chi connectivity index (χ0v) is 14.3. The van der Waals surface area contributed by atoms with Gasteiger partial charge in [0.2, 0.25) is 0 Å². The SMILES string of the molecule is CCC(=O)C1CCC(C(=O)SCCCCCCS)CC1. The zero-order valence-electron chi connectivity index (χ0n) is 12.6. The molecule has 1 fully saturated rings. The third kappa shape index (κ3) is 6.66. The summed E-state index contributed by atoms with van der Waals surface area (Å²) in [6, 6.07) is 0. The fraction of sp³-hybridized carbons (Fsp3) is 0.875. The van der Waals surface area contributed by atoms with E-state index in [9.17, 15) is 9.59 Å². The normalized spacial score (nSPS) is 22.7. The van der Waals surface area contributed by atoms with E-state index in [2.05, 4.69) is 12.6 Å². The molecule has 1 rings (SSSR count). The topological polar surface area (TPSA) is 34.1 Å². The monoisotopic (exact) mass is 316 g/mol. The molecule has 1 aliphatic rings. The van der Waals surface area contributed by atoms with E-state index in [1.54, 1.807) is 0 Å². The Bertz CT molecular complexity index is 297. The summed E-state index contributed by atoms with van der Waals surface area (Å²) in [5, 5.41) is 0.363. The van der Waals surface area contributed by atoms with Crippen LogP contribution in [0.4, 0.5) is 0 Å². The molecule has 1 aliphatic carbocycles. The lowest BCUT2D eigenvalue weighted by atomic mass is 9.80. The fourth-order valence-electron chi connectivity index (χ4n) is 2.80. The highest BCUT2D eigenvalue weighted by Gasteiger charge is 2.28. The molecule has 116 valence electrons. The molecular weight excluding hydrogens is 288 g/mol. The van der Waals surface area contributed by atoms with Gasteiger partial charge in [-0.3, -0.25) is 9.59 Å². The molecular formula is C16H28O2S2. The van der Waals surface area contributed by atoms with Gasteiger partial charge in [0.1, 0.15) is 5.78 Å². The lowest BCUT2D eigenvalue weighted by molar-refractivity contribution is -0.125. The smallest absolute Gasteiger partial charge is 0.192 e. The molecule has 0 spiro atoms. The number of Topliss-reactive ketones (excluding diaryl/α,β-unsaturated/α-hetero) is 1. The number of ketones is 1. The van der Waals surface area contributed by atoms with E-state index in [1.165, 1.54) is 31.0 Å². The Morgan fingerprint density at radius 1 is 1.00 bits per heavy atom. The van der Waals surface area contributed by atoms with Crippen LogP contribution in [0.5, 0.6) is 0 Å². The first-order chi connectivity index (χ1) is 9.69. The number of carbonyl (C=O) groups excluding carboxylic acids is 2. The van der Waals surface area contributed by atoms with Crippen LogP contribution in [0.25, 0.3) is 0 Å². The fourth-order valence-corrected chi connectivity index (χ4v) is 4.04. The maximum absolute atomic E-state index is 12.1. The maximum Gasteiger partial charge on any atom is 0.192 e. The summed E-state index contributed by atoms with van der Waals surface area (Å²) in [5.74, 6) is 2.74. The van der Waals surface area contributed by atoms with Crippen molar-refractivity contribution in [3.8, 4) is 0 Å². The van der Waals surface area contributed by atoms with E-state index in [4.69, 9.17) is 0 Å². The molecule has 0 amide bonds. The highest BCUT2D eigenvalue weighted by atomic mass is 32.2. The molecule has 0 aromatic rings. The van der Waals surface area contributed by atoms with Gasteiger partial charge in [-0.15, -0.1) is 0 Å². The molecule has 0 radical (unpaired) electrons.